The topological polar surface area (TPSA) is 17.8 Å². The van der Waals surface area contributed by atoms with E-state index in [0.717, 1.165) is 12.1 Å². The molecule has 0 atom stereocenters. The van der Waals surface area contributed by atoms with Crippen molar-refractivity contribution in [2.45, 2.75) is 40.5 Å². The van der Waals surface area contributed by atoms with Gasteiger partial charge in [0.2, 0.25) is 0 Å². The van der Waals surface area contributed by atoms with E-state index in [1.165, 1.54) is 12.0 Å². The zero-order chi connectivity index (χ0) is 11.0. The van der Waals surface area contributed by atoms with Gasteiger partial charge in [0.25, 0.3) is 0 Å². The van der Waals surface area contributed by atoms with Crippen molar-refractivity contribution < 1.29 is 0 Å². The van der Waals surface area contributed by atoms with E-state index < -0.39 is 0 Å². The number of nitrogens with zero attached hydrogens (tertiary/aromatic N) is 2. The molecule has 0 unspecified atom stereocenters. The maximum absolute atomic E-state index is 4.28. The van der Waals surface area contributed by atoms with Crippen molar-refractivity contribution in [2.75, 3.05) is 0 Å². The van der Waals surface area contributed by atoms with Crippen molar-refractivity contribution in [3.05, 3.63) is 23.5 Å². The zero-order valence-electron chi connectivity index (χ0n) is 10.0. The Kier molecular flexibility index (Phi) is 6.81. The highest BCUT2D eigenvalue weighted by molar-refractivity contribution is 5.51. The third-order valence-electron chi connectivity index (χ3n) is 1.79. The van der Waals surface area contributed by atoms with Gasteiger partial charge < -0.3 is 0 Å². The van der Waals surface area contributed by atoms with Crippen LogP contribution in [-0.2, 0) is 13.5 Å². The second-order valence-corrected chi connectivity index (χ2v) is 2.65. The minimum absolute atomic E-state index is 1.15. The lowest BCUT2D eigenvalue weighted by Crippen LogP contribution is -1.89. The van der Waals surface area contributed by atoms with Crippen molar-refractivity contribution >= 4 is 6.08 Å². The highest BCUT2D eigenvalue weighted by Gasteiger charge is 2.06. The molecule has 0 amide bonds. The van der Waals surface area contributed by atoms with Gasteiger partial charge in [0.1, 0.15) is 0 Å². The van der Waals surface area contributed by atoms with Crippen LogP contribution in [0.25, 0.3) is 6.08 Å². The molecule has 1 aliphatic carbocycles. The first-order chi connectivity index (χ1) is 6.86. The SMILES string of the molecule is CC.CC.Cn1cc2c(n1)C=CCC2. The van der Waals surface area contributed by atoms with E-state index in [1.54, 1.807) is 0 Å². The summed E-state index contributed by atoms with van der Waals surface area (Å²) in [5.74, 6) is 0. The number of aromatic nitrogens is 2. The standard InChI is InChI=1S/C8H10N2.2C2H6/c1-10-6-7-4-2-3-5-8(7)9-10;2*1-2/h3,5-6H,2,4H2,1H3;2*1-2H3. The van der Waals surface area contributed by atoms with E-state index >= 15 is 0 Å². The van der Waals surface area contributed by atoms with Crippen LogP contribution >= 0.6 is 0 Å². The lowest BCUT2D eigenvalue weighted by Gasteiger charge is -1.99. The third-order valence-corrected chi connectivity index (χ3v) is 1.79. The Morgan fingerprint density at radius 1 is 1.21 bits per heavy atom. The smallest absolute Gasteiger partial charge is 0.0879 e. The van der Waals surface area contributed by atoms with Crippen LogP contribution in [0, 0.1) is 0 Å². The molecule has 1 aromatic rings. The van der Waals surface area contributed by atoms with E-state index in [1.807, 2.05) is 39.4 Å². The van der Waals surface area contributed by atoms with Gasteiger partial charge in [0.15, 0.2) is 0 Å². The average molecular weight is 194 g/mol. The van der Waals surface area contributed by atoms with E-state index in [0.29, 0.717) is 0 Å². The summed E-state index contributed by atoms with van der Waals surface area (Å²) in [6.07, 6.45) is 8.69. The minimum Gasteiger partial charge on any atom is -0.275 e. The summed E-state index contributed by atoms with van der Waals surface area (Å²) in [5.41, 5.74) is 2.53. The number of hydrogen-bond acceptors (Lipinski definition) is 1. The Labute approximate surface area is 87.6 Å². The van der Waals surface area contributed by atoms with Gasteiger partial charge >= 0.3 is 0 Å². The molecule has 0 fully saturated rings. The lowest BCUT2D eigenvalue weighted by molar-refractivity contribution is 0.764. The molecule has 0 aromatic carbocycles. The van der Waals surface area contributed by atoms with E-state index in [-0.39, 0.29) is 0 Å². The summed E-state index contributed by atoms with van der Waals surface area (Å²) in [4.78, 5) is 0. The molecule has 1 aromatic heterocycles. The second-order valence-electron chi connectivity index (χ2n) is 2.65. The maximum atomic E-state index is 4.28. The minimum atomic E-state index is 1.15. The summed E-state index contributed by atoms with van der Waals surface area (Å²) >= 11 is 0. The van der Waals surface area contributed by atoms with Crippen molar-refractivity contribution in [2.24, 2.45) is 7.05 Å². The van der Waals surface area contributed by atoms with Gasteiger partial charge in [-0.05, 0) is 24.5 Å². The fraction of sp³-hybridized carbons (Fsp3) is 0.583. The molecule has 2 nitrogen and oxygen atoms in total. The van der Waals surface area contributed by atoms with Gasteiger partial charge in [-0.25, -0.2) is 0 Å². The summed E-state index contributed by atoms with van der Waals surface area (Å²) in [6, 6.07) is 0. The predicted octanol–water partition coefficient (Wildman–Crippen LogP) is 3.43. The van der Waals surface area contributed by atoms with Gasteiger partial charge in [0.05, 0.1) is 5.69 Å². The molecule has 80 valence electrons. The number of rotatable bonds is 0. The largest absolute Gasteiger partial charge is 0.275 e. The van der Waals surface area contributed by atoms with Gasteiger partial charge in [-0.15, -0.1) is 0 Å². The molecule has 0 saturated carbocycles. The van der Waals surface area contributed by atoms with Crippen molar-refractivity contribution in [3.8, 4) is 0 Å². The molecule has 0 bridgehead atoms. The van der Waals surface area contributed by atoms with Crippen LogP contribution in [0.5, 0.6) is 0 Å². The molecule has 2 heteroatoms. The Balaban J connectivity index is 0.000000379. The highest BCUT2D eigenvalue weighted by Crippen LogP contribution is 2.15. The monoisotopic (exact) mass is 194 g/mol. The molecule has 14 heavy (non-hydrogen) atoms. The summed E-state index contributed by atoms with van der Waals surface area (Å²) in [6.45, 7) is 8.00. The molecule has 0 radical (unpaired) electrons. The van der Waals surface area contributed by atoms with Crippen LogP contribution in [0.1, 0.15) is 45.4 Å². The Hall–Kier alpha value is -1.05. The van der Waals surface area contributed by atoms with Crippen LogP contribution in [0.15, 0.2) is 12.3 Å². The number of hydrogen-bond donors (Lipinski definition) is 0. The lowest BCUT2D eigenvalue weighted by atomic mass is 10.1. The fourth-order valence-corrected chi connectivity index (χ4v) is 1.32. The van der Waals surface area contributed by atoms with Crippen LogP contribution in [0.3, 0.4) is 0 Å². The molecular weight excluding hydrogens is 172 g/mol. The predicted molar refractivity (Wildman–Crippen MR) is 63.3 cm³/mol. The first-order valence-electron chi connectivity index (χ1n) is 5.55. The summed E-state index contributed by atoms with van der Waals surface area (Å²) < 4.78 is 1.88. The maximum Gasteiger partial charge on any atom is 0.0879 e. The summed E-state index contributed by atoms with van der Waals surface area (Å²) in [5, 5.41) is 4.28. The van der Waals surface area contributed by atoms with E-state index in [4.69, 9.17) is 0 Å². The molecule has 0 saturated heterocycles. The number of fused-ring (bicyclic) bond motifs is 1. The molecule has 0 N–H and O–H groups in total. The quantitative estimate of drug-likeness (QED) is 0.618. The van der Waals surface area contributed by atoms with Gasteiger partial charge in [0, 0.05) is 13.2 Å². The molecular formula is C12H22N2. The second kappa shape index (κ2) is 7.36. The molecule has 0 aliphatic heterocycles. The van der Waals surface area contributed by atoms with E-state index in [9.17, 15) is 0 Å². The normalized spacial score (nSPS) is 11.8. The first kappa shape index (κ1) is 12.9. The molecule has 0 spiro atoms. The number of allylic oxidation sites excluding steroid dienone is 1. The van der Waals surface area contributed by atoms with Crippen LogP contribution in [0.2, 0.25) is 0 Å². The van der Waals surface area contributed by atoms with Gasteiger partial charge in [-0.2, -0.15) is 5.10 Å². The first-order valence-corrected chi connectivity index (χ1v) is 5.55. The zero-order valence-corrected chi connectivity index (χ0v) is 10.0. The molecule has 1 heterocycles. The fourth-order valence-electron chi connectivity index (χ4n) is 1.32. The van der Waals surface area contributed by atoms with Crippen molar-refractivity contribution in [1.82, 2.24) is 9.78 Å². The average Bonchev–Trinajstić information content (AvgIpc) is 2.64. The van der Waals surface area contributed by atoms with Gasteiger partial charge in [-0.1, -0.05) is 33.8 Å². The Bertz CT molecular complexity index is 272. The highest BCUT2D eigenvalue weighted by atomic mass is 15.2. The summed E-state index contributed by atoms with van der Waals surface area (Å²) in [7, 11) is 1.96. The van der Waals surface area contributed by atoms with Crippen molar-refractivity contribution in [3.63, 3.8) is 0 Å². The van der Waals surface area contributed by atoms with Crippen LogP contribution in [-0.4, -0.2) is 9.78 Å². The molecule has 2 rings (SSSR count). The van der Waals surface area contributed by atoms with E-state index in [2.05, 4.69) is 23.4 Å². The van der Waals surface area contributed by atoms with Crippen LogP contribution < -0.4 is 0 Å². The van der Waals surface area contributed by atoms with Crippen molar-refractivity contribution in [1.29, 1.82) is 0 Å². The number of aryl methyl sites for hydroxylation is 2. The van der Waals surface area contributed by atoms with Gasteiger partial charge in [-0.3, -0.25) is 4.68 Å². The Morgan fingerprint density at radius 3 is 2.43 bits per heavy atom. The third kappa shape index (κ3) is 3.36. The molecule has 1 aliphatic rings. The van der Waals surface area contributed by atoms with Crippen LogP contribution in [0.4, 0.5) is 0 Å². The Morgan fingerprint density at radius 2 is 1.86 bits per heavy atom.